The van der Waals surface area contributed by atoms with Crippen LogP contribution in [-0.2, 0) is 19.1 Å². The molecule has 0 saturated heterocycles. The zero-order valence-corrected chi connectivity index (χ0v) is 19.8. The Hall–Kier alpha value is -1.78. The highest BCUT2D eigenvalue weighted by molar-refractivity contribution is 6.38. The summed E-state index contributed by atoms with van der Waals surface area (Å²) in [6, 6.07) is 0. The maximum Gasteiger partial charge on any atom is 0.305 e. The van der Waals surface area contributed by atoms with E-state index in [9.17, 15) is 14.4 Å². The summed E-state index contributed by atoms with van der Waals surface area (Å²) in [5.74, 6) is -0.440. The maximum absolute atomic E-state index is 13.6. The van der Waals surface area contributed by atoms with Crippen molar-refractivity contribution in [2.75, 3.05) is 6.61 Å². The predicted molar refractivity (Wildman–Crippen MR) is 121 cm³/mol. The number of carbonyl (C=O) groups is 3. The van der Waals surface area contributed by atoms with Crippen LogP contribution in [0.1, 0.15) is 92.9 Å². The molecule has 0 aliphatic heterocycles. The van der Waals surface area contributed by atoms with Gasteiger partial charge in [0.05, 0.1) is 12.3 Å². The van der Waals surface area contributed by atoms with Crippen molar-refractivity contribution in [3.63, 3.8) is 0 Å². The molecule has 0 spiro atoms. The van der Waals surface area contributed by atoms with Gasteiger partial charge in [0.15, 0.2) is 11.6 Å². The van der Waals surface area contributed by atoms with Crippen molar-refractivity contribution in [1.82, 2.24) is 0 Å². The van der Waals surface area contributed by atoms with Crippen molar-refractivity contribution in [2.45, 2.75) is 92.9 Å². The third kappa shape index (κ3) is 8.16. The van der Waals surface area contributed by atoms with E-state index >= 15 is 0 Å². The molecule has 1 rings (SSSR count). The molecule has 0 aromatic heterocycles. The first-order valence-electron chi connectivity index (χ1n) is 11.5. The smallest absolute Gasteiger partial charge is 0.305 e. The minimum atomic E-state index is -0.278. The second-order valence-electron chi connectivity index (χ2n) is 9.69. The van der Waals surface area contributed by atoms with Gasteiger partial charge < -0.3 is 10.1 Å². The van der Waals surface area contributed by atoms with E-state index in [0.29, 0.717) is 38.2 Å². The highest BCUT2D eigenvalue weighted by Gasteiger charge is 2.35. The maximum atomic E-state index is 13.6. The van der Waals surface area contributed by atoms with Gasteiger partial charge in [-0.05, 0) is 69.3 Å². The van der Waals surface area contributed by atoms with Crippen LogP contribution in [0.15, 0.2) is 11.6 Å². The molecule has 1 aliphatic carbocycles. The zero-order valence-electron chi connectivity index (χ0n) is 19.8. The molecule has 1 N–H and O–H groups in total. The Kier molecular flexibility index (Phi) is 10.6. The summed E-state index contributed by atoms with van der Waals surface area (Å²) >= 11 is 0. The number of carbonyl (C=O) groups excluding carboxylic acids is 3. The van der Waals surface area contributed by atoms with Crippen molar-refractivity contribution in [3.8, 4) is 0 Å². The molecule has 0 aromatic carbocycles. The van der Waals surface area contributed by atoms with Crippen molar-refractivity contribution in [2.24, 2.45) is 23.2 Å². The lowest BCUT2D eigenvalue weighted by Gasteiger charge is -2.31. The average molecular weight is 420 g/mol. The molecule has 0 aromatic rings. The first-order chi connectivity index (χ1) is 14.0. The number of hydrogen-bond donors (Lipinski definition) is 1. The summed E-state index contributed by atoms with van der Waals surface area (Å²) in [6.07, 6.45) is 7.75. The Labute approximate surface area is 182 Å². The largest absolute Gasteiger partial charge is 0.466 e. The van der Waals surface area contributed by atoms with Gasteiger partial charge in [0, 0.05) is 18.3 Å². The summed E-state index contributed by atoms with van der Waals surface area (Å²) < 4.78 is 5.01. The van der Waals surface area contributed by atoms with Crippen LogP contribution in [0.4, 0.5) is 0 Å². The highest BCUT2D eigenvalue weighted by atomic mass is 16.5. The Morgan fingerprint density at radius 2 is 1.87 bits per heavy atom. The molecule has 0 radical (unpaired) electrons. The van der Waals surface area contributed by atoms with Crippen molar-refractivity contribution < 1.29 is 19.1 Å². The first-order valence-corrected chi connectivity index (χ1v) is 11.5. The van der Waals surface area contributed by atoms with Gasteiger partial charge in [-0.2, -0.15) is 0 Å². The van der Waals surface area contributed by atoms with E-state index in [1.807, 2.05) is 0 Å². The van der Waals surface area contributed by atoms with Crippen molar-refractivity contribution in [1.29, 1.82) is 5.41 Å². The lowest BCUT2D eigenvalue weighted by atomic mass is 9.72. The molecule has 1 aliphatic rings. The van der Waals surface area contributed by atoms with Crippen molar-refractivity contribution in [3.05, 3.63) is 11.6 Å². The predicted octanol–water partition coefficient (Wildman–Crippen LogP) is 5.70. The standard InChI is InChI=1S/C25H41NO4/c1-7-10-18-13-14-19(23(28)17(3)26)16-20(15-18)24(29)21(25(4,5)6)11-9-12-22(27)30-8-2/h15,18-19,21,26H,7-14,16H2,1-6H3. The van der Waals surface area contributed by atoms with Crippen LogP contribution in [0.25, 0.3) is 0 Å². The first kappa shape index (κ1) is 26.3. The fraction of sp³-hybridized carbons (Fsp3) is 0.760. The van der Waals surface area contributed by atoms with Gasteiger partial charge in [-0.1, -0.05) is 40.2 Å². The minimum Gasteiger partial charge on any atom is -0.466 e. The van der Waals surface area contributed by atoms with Crippen LogP contribution in [0.5, 0.6) is 0 Å². The Balaban J connectivity index is 3.07. The van der Waals surface area contributed by atoms with E-state index in [1.165, 1.54) is 6.92 Å². The Morgan fingerprint density at radius 3 is 2.40 bits per heavy atom. The fourth-order valence-corrected chi connectivity index (χ4v) is 4.39. The van der Waals surface area contributed by atoms with Crippen molar-refractivity contribution >= 4 is 23.2 Å². The summed E-state index contributed by atoms with van der Waals surface area (Å²) in [4.78, 5) is 37.9. The Bertz CT molecular complexity index is 657. The molecule has 0 saturated carbocycles. The van der Waals surface area contributed by atoms with Gasteiger partial charge in [0.25, 0.3) is 0 Å². The number of ether oxygens (including phenoxy) is 1. The monoisotopic (exact) mass is 419 g/mol. The number of rotatable bonds is 11. The fourth-order valence-electron chi connectivity index (χ4n) is 4.39. The van der Waals surface area contributed by atoms with E-state index in [4.69, 9.17) is 10.1 Å². The molecular weight excluding hydrogens is 378 g/mol. The number of allylic oxidation sites excluding steroid dienone is 2. The van der Waals surface area contributed by atoms with E-state index in [-0.39, 0.29) is 40.5 Å². The number of ketones is 2. The number of Topliss-reactive ketones (excluding diaryl/α,β-unsaturated/α-hetero) is 2. The lowest BCUT2D eigenvalue weighted by Crippen LogP contribution is -2.31. The van der Waals surface area contributed by atoms with Crippen LogP contribution < -0.4 is 0 Å². The van der Waals surface area contributed by atoms with E-state index in [1.54, 1.807) is 6.92 Å². The third-order valence-electron chi connectivity index (χ3n) is 6.05. The quantitative estimate of drug-likeness (QED) is 0.344. The SMILES string of the molecule is CCCC1C=C(C(=O)C(CCCC(=O)OCC)C(C)(C)C)CC(C(=O)C(C)=N)CC1. The molecule has 0 heterocycles. The number of hydrogen-bond acceptors (Lipinski definition) is 5. The van der Waals surface area contributed by atoms with Crippen LogP contribution >= 0.6 is 0 Å². The molecule has 0 bridgehead atoms. The number of esters is 1. The summed E-state index contributed by atoms with van der Waals surface area (Å²) in [5.41, 5.74) is 0.583. The van der Waals surface area contributed by atoms with Gasteiger partial charge in [-0.3, -0.25) is 14.4 Å². The van der Waals surface area contributed by atoms with Gasteiger partial charge in [-0.25, -0.2) is 0 Å². The molecule has 5 nitrogen and oxygen atoms in total. The average Bonchev–Trinajstić information content (AvgIpc) is 2.86. The highest BCUT2D eigenvalue weighted by Crippen LogP contribution is 2.37. The molecule has 0 amide bonds. The molecule has 5 heteroatoms. The normalized spacial score (nSPS) is 20.7. The third-order valence-corrected chi connectivity index (χ3v) is 6.05. The molecule has 170 valence electrons. The van der Waals surface area contributed by atoms with Gasteiger partial charge in [-0.15, -0.1) is 0 Å². The van der Waals surface area contributed by atoms with Crippen LogP contribution in [0, 0.1) is 28.6 Å². The van der Waals surface area contributed by atoms with Crippen LogP contribution in [-0.4, -0.2) is 29.9 Å². The number of nitrogens with one attached hydrogen (secondary N) is 1. The second-order valence-corrected chi connectivity index (χ2v) is 9.69. The van der Waals surface area contributed by atoms with E-state index in [0.717, 1.165) is 31.3 Å². The molecule has 3 atom stereocenters. The van der Waals surface area contributed by atoms with Gasteiger partial charge in [0.1, 0.15) is 0 Å². The molecule has 30 heavy (non-hydrogen) atoms. The summed E-state index contributed by atoms with van der Waals surface area (Å²) in [6.45, 7) is 12.0. The molecule has 0 fully saturated rings. The van der Waals surface area contributed by atoms with Crippen LogP contribution in [0.3, 0.4) is 0 Å². The van der Waals surface area contributed by atoms with Gasteiger partial charge in [0.2, 0.25) is 0 Å². The minimum absolute atomic E-state index is 0.0718. The summed E-state index contributed by atoms with van der Waals surface area (Å²) in [7, 11) is 0. The van der Waals surface area contributed by atoms with Crippen LogP contribution in [0.2, 0.25) is 0 Å². The second kappa shape index (κ2) is 12.2. The topological polar surface area (TPSA) is 84.3 Å². The molecule has 3 unspecified atom stereocenters. The zero-order chi connectivity index (χ0) is 22.9. The van der Waals surface area contributed by atoms with E-state index < -0.39 is 0 Å². The molecular formula is C25H41NO4. The van der Waals surface area contributed by atoms with Gasteiger partial charge >= 0.3 is 5.97 Å². The van der Waals surface area contributed by atoms with E-state index in [2.05, 4.69) is 33.8 Å². The lowest BCUT2D eigenvalue weighted by molar-refractivity contribution is -0.143. The summed E-state index contributed by atoms with van der Waals surface area (Å²) in [5, 5.41) is 7.76. The Morgan fingerprint density at radius 1 is 1.20 bits per heavy atom.